The second-order valence-electron chi connectivity index (χ2n) is 8.52. The first kappa shape index (κ1) is 24.4. The van der Waals surface area contributed by atoms with Crippen molar-refractivity contribution in [1.29, 1.82) is 0 Å². The average molecular weight is 502 g/mol. The molecule has 1 aliphatic heterocycles. The van der Waals surface area contributed by atoms with Crippen LogP contribution in [0, 0.1) is 5.92 Å². The SMILES string of the molecule is COc1ccc(Cl)cc1NC(=O)CSCC(=O)N1CCCN1C(=O)CC1Cc2ccccc2C1. The molecule has 1 fully saturated rings. The van der Waals surface area contributed by atoms with Crippen LogP contribution in [0.4, 0.5) is 5.69 Å². The van der Waals surface area contributed by atoms with Gasteiger partial charge in [0.15, 0.2) is 0 Å². The second kappa shape index (κ2) is 11.1. The number of methoxy groups -OCH3 is 1. The highest BCUT2D eigenvalue weighted by atomic mass is 35.5. The van der Waals surface area contributed by atoms with Crippen LogP contribution in [-0.2, 0) is 27.2 Å². The topological polar surface area (TPSA) is 79.0 Å². The molecule has 0 unspecified atom stereocenters. The molecule has 0 saturated carbocycles. The molecular weight excluding hydrogens is 474 g/mol. The summed E-state index contributed by atoms with van der Waals surface area (Å²) in [6.45, 7) is 1.09. The Kier molecular flexibility index (Phi) is 8.00. The van der Waals surface area contributed by atoms with Crippen LogP contribution in [0.2, 0.25) is 5.02 Å². The molecule has 1 saturated heterocycles. The lowest BCUT2D eigenvalue weighted by Crippen LogP contribution is -2.46. The number of fused-ring (bicyclic) bond motifs is 1. The van der Waals surface area contributed by atoms with E-state index in [4.69, 9.17) is 16.3 Å². The van der Waals surface area contributed by atoms with Gasteiger partial charge >= 0.3 is 0 Å². The van der Waals surface area contributed by atoms with E-state index in [0.29, 0.717) is 36.0 Å². The summed E-state index contributed by atoms with van der Waals surface area (Å²) < 4.78 is 5.23. The summed E-state index contributed by atoms with van der Waals surface area (Å²) in [4.78, 5) is 38.1. The predicted molar refractivity (Wildman–Crippen MR) is 134 cm³/mol. The zero-order valence-corrected chi connectivity index (χ0v) is 20.7. The third kappa shape index (κ3) is 5.85. The van der Waals surface area contributed by atoms with E-state index in [1.54, 1.807) is 28.2 Å². The van der Waals surface area contributed by atoms with Gasteiger partial charge in [0.05, 0.1) is 24.3 Å². The minimum Gasteiger partial charge on any atom is -0.495 e. The molecule has 0 atom stereocenters. The van der Waals surface area contributed by atoms with Crippen LogP contribution in [-0.4, -0.2) is 59.4 Å². The van der Waals surface area contributed by atoms with Crippen LogP contribution in [0.15, 0.2) is 42.5 Å². The van der Waals surface area contributed by atoms with Gasteiger partial charge in [-0.25, -0.2) is 0 Å². The summed E-state index contributed by atoms with van der Waals surface area (Å²) in [5, 5.41) is 6.40. The third-order valence-corrected chi connectivity index (χ3v) is 7.25. The fourth-order valence-corrected chi connectivity index (χ4v) is 5.40. The maximum Gasteiger partial charge on any atom is 0.251 e. The highest BCUT2D eigenvalue weighted by Crippen LogP contribution is 2.30. The number of carbonyl (C=O) groups excluding carboxylic acids is 3. The van der Waals surface area contributed by atoms with Gasteiger partial charge < -0.3 is 10.1 Å². The number of nitrogens with one attached hydrogen (secondary N) is 1. The van der Waals surface area contributed by atoms with Crippen molar-refractivity contribution in [2.24, 2.45) is 5.92 Å². The Hall–Kier alpha value is -2.71. The molecule has 0 radical (unpaired) electrons. The summed E-state index contributed by atoms with van der Waals surface area (Å²) in [6.07, 6.45) is 3.02. The summed E-state index contributed by atoms with van der Waals surface area (Å²) in [6, 6.07) is 13.3. The first-order chi connectivity index (χ1) is 16.4. The van der Waals surface area contributed by atoms with Crippen molar-refractivity contribution in [1.82, 2.24) is 10.0 Å². The first-order valence-electron chi connectivity index (χ1n) is 11.3. The van der Waals surface area contributed by atoms with Gasteiger partial charge in [-0.15, -0.1) is 11.8 Å². The Morgan fingerprint density at radius 1 is 1.03 bits per heavy atom. The van der Waals surface area contributed by atoms with E-state index in [0.717, 1.165) is 19.3 Å². The molecule has 0 spiro atoms. The number of thioether (sulfide) groups is 1. The second-order valence-corrected chi connectivity index (χ2v) is 9.94. The molecule has 9 heteroatoms. The number of halogens is 1. The Bertz CT molecular complexity index is 1050. The average Bonchev–Trinajstić information content (AvgIpc) is 3.46. The molecule has 1 aliphatic carbocycles. The minimum atomic E-state index is -0.256. The lowest BCUT2D eigenvalue weighted by Gasteiger charge is -2.28. The van der Waals surface area contributed by atoms with Crippen molar-refractivity contribution < 1.29 is 19.1 Å². The summed E-state index contributed by atoms with van der Waals surface area (Å²) in [5.74, 6) is 0.605. The third-order valence-electron chi connectivity index (χ3n) is 6.10. The van der Waals surface area contributed by atoms with E-state index < -0.39 is 0 Å². The van der Waals surface area contributed by atoms with Gasteiger partial charge in [-0.2, -0.15) is 0 Å². The maximum atomic E-state index is 13.0. The number of hydrogen-bond donors (Lipinski definition) is 1. The van der Waals surface area contributed by atoms with Crippen LogP contribution >= 0.6 is 23.4 Å². The fraction of sp³-hybridized carbons (Fsp3) is 0.400. The maximum absolute atomic E-state index is 13.0. The van der Waals surface area contributed by atoms with Crippen molar-refractivity contribution in [2.45, 2.75) is 25.7 Å². The Balaban J connectivity index is 1.24. The number of benzene rings is 2. The molecule has 0 bridgehead atoms. The van der Waals surface area contributed by atoms with E-state index in [1.807, 2.05) is 12.1 Å². The van der Waals surface area contributed by atoms with Gasteiger partial charge in [-0.05, 0) is 54.5 Å². The summed E-state index contributed by atoms with van der Waals surface area (Å²) >= 11 is 7.21. The van der Waals surface area contributed by atoms with Crippen LogP contribution in [0.25, 0.3) is 0 Å². The molecule has 180 valence electrons. The quantitative estimate of drug-likeness (QED) is 0.595. The van der Waals surface area contributed by atoms with Gasteiger partial charge in [-0.1, -0.05) is 35.9 Å². The fourth-order valence-electron chi connectivity index (χ4n) is 4.55. The largest absolute Gasteiger partial charge is 0.495 e. The minimum absolute atomic E-state index is 0.000509. The molecule has 3 amide bonds. The van der Waals surface area contributed by atoms with Gasteiger partial charge in [0.25, 0.3) is 5.91 Å². The highest BCUT2D eigenvalue weighted by Gasteiger charge is 2.33. The summed E-state index contributed by atoms with van der Waals surface area (Å²) in [7, 11) is 1.51. The van der Waals surface area contributed by atoms with E-state index in [2.05, 4.69) is 17.4 Å². The number of nitrogens with zero attached hydrogens (tertiary/aromatic N) is 2. The van der Waals surface area contributed by atoms with Crippen LogP contribution in [0.5, 0.6) is 5.75 Å². The van der Waals surface area contributed by atoms with Crippen LogP contribution < -0.4 is 10.1 Å². The number of amides is 3. The number of rotatable bonds is 8. The molecule has 4 rings (SSSR count). The normalized spacial score (nSPS) is 15.4. The number of anilines is 1. The van der Waals surface area contributed by atoms with Crippen molar-refractivity contribution in [3.05, 3.63) is 58.6 Å². The zero-order valence-electron chi connectivity index (χ0n) is 19.1. The first-order valence-corrected chi connectivity index (χ1v) is 12.9. The molecule has 7 nitrogen and oxygen atoms in total. The number of ether oxygens (including phenoxy) is 1. The van der Waals surface area contributed by atoms with E-state index in [1.165, 1.54) is 30.0 Å². The number of hydrogen-bond acceptors (Lipinski definition) is 5. The van der Waals surface area contributed by atoms with Crippen molar-refractivity contribution in [3.8, 4) is 5.75 Å². The predicted octanol–water partition coefficient (Wildman–Crippen LogP) is 3.80. The van der Waals surface area contributed by atoms with E-state index >= 15 is 0 Å². The van der Waals surface area contributed by atoms with Gasteiger partial charge in [0.1, 0.15) is 5.75 Å². The molecule has 1 heterocycles. The highest BCUT2D eigenvalue weighted by molar-refractivity contribution is 8.00. The Morgan fingerprint density at radius 2 is 1.71 bits per heavy atom. The molecule has 0 aromatic heterocycles. The Morgan fingerprint density at radius 3 is 2.38 bits per heavy atom. The molecule has 34 heavy (non-hydrogen) atoms. The molecule has 2 aromatic rings. The molecule has 2 aromatic carbocycles. The lowest BCUT2D eigenvalue weighted by molar-refractivity contribution is -0.156. The number of carbonyl (C=O) groups is 3. The number of hydrazine groups is 1. The van der Waals surface area contributed by atoms with Gasteiger partial charge in [-0.3, -0.25) is 24.4 Å². The zero-order chi connectivity index (χ0) is 24.1. The van der Waals surface area contributed by atoms with Crippen molar-refractivity contribution >= 4 is 46.8 Å². The van der Waals surface area contributed by atoms with Gasteiger partial charge in [0, 0.05) is 24.5 Å². The van der Waals surface area contributed by atoms with Crippen LogP contribution in [0.3, 0.4) is 0 Å². The van der Waals surface area contributed by atoms with Crippen LogP contribution in [0.1, 0.15) is 24.0 Å². The lowest BCUT2D eigenvalue weighted by atomic mass is 10.0. The molecule has 1 N–H and O–H groups in total. The molecule has 2 aliphatic rings. The van der Waals surface area contributed by atoms with E-state index in [-0.39, 0.29) is 35.1 Å². The Labute approximate surface area is 208 Å². The monoisotopic (exact) mass is 501 g/mol. The smallest absolute Gasteiger partial charge is 0.251 e. The standard InChI is InChI=1S/C25H28ClN3O4S/c1-33-22-8-7-20(26)14-21(22)27-23(30)15-34-16-25(32)29-10-4-9-28(29)24(31)13-17-11-18-5-2-3-6-19(18)12-17/h2-3,5-8,14,17H,4,9-13,15-16H2,1H3,(H,27,30). The summed E-state index contributed by atoms with van der Waals surface area (Å²) in [5.41, 5.74) is 3.12. The van der Waals surface area contributed by atoms with Crippen molar-refractivity contribution in [3.63, 3.8) is 0 Å². The molecular formula is C25H28ClN3O4S. The van der Waals surface area contributed by atoms with E-state index in [9.17, 15) is 14.4 Å². The van der Waals surface area contributed by atoms with Crippen molar-refractivity contribution in [2.75, 3.05) is 37.0 Å². The van der Waals surface area contributed by atoms with Gasteiger partial charge in [0.2, 0.25) is 11.8 Å².